The van der Waals surface area contributed by atoms with Crippen LogP contribution in [0.5, 0.6) is 0 Å². The van der Waals surface area contributed by atoms with Gasteiger partial charge in [0.2, 0.25) is 11.8 Å². The van der Waals surface area contributed by atoms with Gasteiger partial charge in [0, 0.05) is 0 Å². The number of hydrogen-bond acceptors (Lipinski definition) is 3. The predicted molar refractivity (Wildman–Crippen MR) is 58.4 cm³/mol. The summed E-state index contributed by atoms with van der Waals surface area (Å²) in [7, 11) is 0. The summed E-state index contributed by atoms with van der Waals surface area (Å²) in [5.74, 6) is -1.33. The van der Waals surface area contributed by atoms with E-state index in [1.165, 1.54) is 0 Å². The molecule has 0 atom stereocenters. The van der Waals surface area contributed by atoms with E-state index in [4.69, 9.17) is 0 Å². The highest BCUT2D eigenvalue weighted by Crippen LogP contribution is 2.29. The maximum atomic E-state index is 12.0. The van der Waals surface area contributed by atoms with E-state index >= 15 is 0 Å². The van der Waals surface area contributed by atoms with Gasteiger partial charge in [-0.3, -0.25) is 19.7 Å². The number of carbonyl (C=O) groups is 3. The molecule has 0 aliphatic carbocycles. The number of hydrogen-bond donors (Lipinski definition) is 2. The Bertz CT molecular complexity index is 343. The van der Waals surface area contributed by atoms with Crippen molar-refractivity contribution in [3.05, 3.63) is 0 Å². The van der Waals surface area contributed by atoms with Crippen LogP contribution in [-0.4, -0.2) is 23.3 Å². The molecule has 0 aromatic rings. The molecule has 0 bridgehead atoms. The van der Waals surface area contributed by atoms with Crippen LogP contribution in [0.3, 0.4) is 0 Å². The van der Waals surface area contributed by atoms with Gasteiger partial charge in [-0.1, -0.05) is 13.8 Å². The molecular weight excluding hydrogens is 208 g/mol. The van der Waals surface area contributed by atoms with Gasteiger partial charge in [0.05, 0.1) is 0 Å². The molecule has 1 saturated heterocycles. The second kappa shape index (κ2) is 3.88. The van der Waals surface area contributed by atoms with Crippen molar-refractivity contribution < 1.29 is 14.4 Å². The lowest BCUT2D eigenvalue weighted by Gasteiger charge is -2.27. The molecule has 5 nitrogen and oxygen atoms in total. The molecule has 0 aromatic heterocycles. The molecule has 16 heavy (non-hydrogen) atoms. The lowest BCUT2D eigenvalue weighted by atomic mass is 9.80. The van der Waals surface area contributed by atoms with Crippen LogP contribution < -0.4 is 10.6 Å². The van der Waals surface area contributed by atoms with Crippen molar-refractivity contribution >= 4 is 17.7 Å². The van der Waals surface area contributed by atoms with Crippen molar-refractivity contribution in [1.82, 2.24) is 10.6 Å². The van der Waals surface area contributed by atoms with Crippen molar-refractivity contribution in [3.8, 4) is 0 Å². The zero-order chi connectivity index (χ0) is 12.6. The highest BCUT2D eigenvalue weighted by molar-refractivity contribution is 6.15. The summed E-state index contributed by atoms with van der Waals surface area (Å²) < 4.78 is 0. The minimum atomic E-state index is -1.12. The standard InChI is InChI=1S/C11H18N2O3/c1-5-11(6-2)8(15)12-7(14)10(3,4)13-9(11)16/h5-6H2,1-4H3,(H,13,16)(H,12,14,15). The molecule has 1 rings (SSSR count). The van der Waals surface area contributed by atoms with Crippen LogP contribution in [0.4, 0.5) is 0 Å². The Hall–Kier alpha value is -1.39. The fraction of sp³-hybridized carbons (Fsp3) is 0.727. The van der Waals surface area contributed by atoms with Crippen LogP contribution in [-0.2, 0) is 14.4 Å². The first-order chi connectivity index (χ1) is 7.30. The summed E-state index contributed by atoms with van der Waals surface area (Å²) >= 11 is 0. The predicted octanol–water partition coefficient (Wildman–Crippen LogP) is 0.344. The Kier molecular flexibility index (Phi) is 3.08. The van der Waals surface area contributed by atoms with E-state index in [9.17, 15) is 14.4 Å². The Balaban J connectivity index is 3.21. The van der Waals surface area contributed by atoms with Gasteiger partial charge in [0.15, 0.2) is 0 Å². The average Bonchev–Trinajstić information content (AvgIpc) is 2.24. The third-order valence-electron chi connectivity index (χ3n) is 3.30. The third-order valence-corrected chi connectivity index (χ3v) is 3.30. The lowest BCUT2D eigenvalue weighted by molar-refractivity contribution is -0.143. The molecule has 0 unspecified atom stereocenters. The molecule has 90 valence electrons. The first-order valence-corrected chi connectivity index (χ1v) is 5.48. The van der Waals surface area contributed by atoms with Crippen molar-refractivity contribution in [2.75, 3.05) is 0 Å². The van der Waals surface area contributed by atoms with Crippen LogP contribution in [0.2, 0.25) is 0 Å². The van der Waals surface area contributed by atoms with Gasteiger partial charge in [-0.15, -0.1) is 0 Å². The van der Waals surface area contributed by atoms with Crippen LogP contribution in [0.25, 0.3) is 0 Å². The van der Waals surface area contributed by atoms with Gasteiger partial charge in [-0.25, -0.2) is 0 Å². The lowest BCUT2D eigenvalue weighted by Crippen LogP contribution is -2.52. The van der Waals surface area contributed by atoms with Gasteiger partial charge in [0.1, 0.15) is 11.0 Å². The summed E-state index contributed by atoms with van der Waals surface area (Å²) in [5, 5.41) is 4.91. The summed E-state index contributed by atoms with van der Waals surface area (Å²) in [6, 6.07) is 0. The molecule has 1 aliphatic heterocycles. The van der Waals surface area contributed by atoms with Crippen LogP contribution in [0.15, 0.2) is 0 Å². The van der Waals surface area contributed by atoms with E-state index < -0.39 is 22.8 Å². The fourth-order valence-electron chi connectivity index (χ4n) is 1.83. The van der Waals surface area contributed by atoms with Crippen molar-refractivity contribution in [3.63, 3.8) is 0 Å². The minimum absolute atomic E-state index is 0.370. The van der Waals surface area contributed by atoms with Gasteiger partial charge in [-0.2, -0.15) is 0 Å². The van der Waals surface area contributed by atoms with Crippen LogP contribution in [0, 0.1) is 5.41 Å². The normalized spacial score (nSPS) is 23.4. The number of carbonyl (C=O) groups excluding carboxylic acids is 3. The smallest absolute Gasteiger partial charge is 0.251 e. The Morgan fingerprint density at radius 3 is 1.88 bits per heavy atom. The Morgan fingerprint density at radius 1 is 0.938 bits per heavy atom. The zero-order valence-corrected chi connectivity index (χ0v) is 10.1. The fourth-order valence-corrected chi connectivity index (χ4v) is 1.83. The molecule has 0 aromatic carbocycles. The third kappa shape index (κ3) is 1.70. The summed E-state index contributed by atoms with van der Waals surface area (Å²) in [4.78, 5) is 35.6. The number of nitrogens with one attached hydrogen (secondary N) is 2. The largest absolute Gasteiger partial charge is 0.341 e. The second-order valence-electron chi connectivity index (χ2n) is 4.65. The maximum Gasteiger partial charge on any atom is 0.251 e. The highest BCUT2D eigenvalue weighted by Gasteiger charge is 2.49. The SMILES string of the molecule is CCC1(CC)C(=O)NC(=O)C(C)(C)NC1=O. The molecule has 2 N–H and O–H groups in total. The maximum absolute atomic E-state index is 12.0. The zero-order valence-electron chi connectivity index (χ0n) is 10.1. The number of imide groups is 1. The van der Waals surface area contributed by atoms with E-state index in [0.29, 0.717) is 12.8 Å². The molecule has 5 heteroatoms. The van der Waals surface area contributed by atoms with Crippen LogP contribution in [0.1, 0.15) is 40.5 Å². The summed E-state index contributed by atoms with van der Waals surface area (Å²) in [5.41, 5.74) is -2.16. The molecule has 1 fully saturated rings. The number of rotatable bonds is 2. The number of amides is 3. The molecule has 1 heterocycles. The first kappa shape index (κ1) is 12.7. The monoisotopic (exact) mass is 226 g/mol. The molecule has 0 saturated carbocycles. The van der Waals surface area contributed by atoms with Gasteiger partial charge in [0.25, 0.3) is 5.91 Å². The van der Waals surface area contributed by atoms with Crippen LogP contribution >= 0.6 is 0 Å². The second-order valence-corrected chi connectivity index (χ2v) is 4.65. The summed E-state index contributed by atoms with van der Waals surface area (Å²) in [6.45, 7) is 6.70. The van der Waals surface area contributed by atoms with Gasteiger partial charge >= 0.3 is 0 Å². The van der Waals surface area contributed by atoms with E-state index in [1.807, 2.05) is 0 Å². The quantitative estimate of drug-likeness (QED) is 0.527. The molecular formula is C11H18N2O3. The Morgan fingerprint density at radius 2 is 1.44 bits per heavy atom. The van der Waals surface area contributed by atoms with E-state index in [2.05, 4.69) is 10.6 Å². The molecule has 3 amide bonds. The molecule has 0 radical (unpaired) electrons. The highest BCUT2D eigenvalue weighted by atomic mass is 16.2. The first-order valence-electron chi connectivity index (χ1n) is 5.48. The van der Waals surface area contributed by atoms with Crippen molar-refractivity contribution in [1.29, 1.82) is 0 Å². The van der Waals surface area contributed by atoms with Gasteiger partial charge in [-0.05, 0) is 26.7 Å². The van der Waals surface area contributed by atoms with E-state index in [1.54, 1.807) is 27.7 Å². The molecule has 1 aliphatic rings. The summed E-state index contributed by atoms with van der Waals surface area (Å²) in [6.07, 6.45) is 0.759. The molecule has 0 spiro atoms. The minimum Gasteiger partial charge on any atom is -0.341 e. The van der Waals surface area contributed by atoms with Crippen molar-refractivity contribution in [2.24, 2.45) is 5.41 Å². The topological polar surface area (TPSA) is 75.3 Å². The van der Waals surface area contributed by atoms with E-state index in [0.717, 1.165) is 0 Å². The van der Waals surface area contributed by atoms with Gasteiger partial charge < -0.3 is 5.32 Å². The van der Waals surface area contributed by atoms with Crippen molar-refractivity contribution in [2.45, 2.75) is 46.1 Å². The Labute approximate surface area is 95.0 Å². The van der Waals surface area contributed by atoms with E-state index in [-0.39, 0.29) is 5.91 Å². The average molecular weight is 226 g/mol.